The molecule has 3 rings (SSSR count). The van der Waals surface area contributed by atoms with Crippen LogP contribution in [-0.2, 0) is 16.0 Å². The van der Waals surface area contributed by atoms with Crippen molar-refractivity contribution in [2.75, 3.05) is 18.4 Å². The number of hydrogen-bond donors (Lipinski definition) is 1. The predicted octanol–water partition coefficient (Wildman–Crippen LogP) is 3.47. The van der Waals surface area contributed by atoms with E-state index in [-0.39, 0.29) is 17.7 Å². The second kappa shape index (κ2) is 7.97. The fraction of sp³-hybridized carbons (Fsp3) is 0.333. The highest BCUT2D eigenvalue weighted by Crippen LogP contribution is 2.22. The molecular weight excluding hydrogens is 312 g/mol. The molecular formula is C21H24N2O2. The number of nitrogens with one attached hydrogen (secondary N) is 1. The van der Waals surface area contributed by atoms with Crippen LogP contribution in [0.1, 0.15) is 30.9 Å². The molecule has 0 spiro atoms. The van der Waals surface area contributed by atoms with Gasteiger partial charge in [0.25, 0.3) is 0 Å². The van der Waals surface area contributed by atoms with E-state index in [2.05, 4.69) is 17.4 Å². The number of rotatable bonds is 4. The van der Waals surface area contributed by atoms with Gasteiger partial charge in [0.1, 0.15) is 0 Å². The Morgan fingerprint density at radius 1 is 1.08 bits per heavy atom. The van der Waals surface area contributed by atoms with Crippen LogP contribution in [0.5, 0.6) is 0 Å². The highest BCUT2D eigenvalue weighted by molar-refractivity contribution is 5.93. The van der Waals surface area contributed by atoms with Gasteiger partial charge in [-0.3, -0.25) is 9.59 Å². The third-order valence-electron chi connectivity index (χ3n) is 4.75. The molecule has 0 radical (unpaired) electrons. The van der Waals surface area contributed by atoms with Crippen molar-refractivity contribution < 1.29 is 9.59 Å². The van der Waals surface area contributed by atoms with Gasteiger partial charge in [0, 0.05) is 25.7 Å². The first-order valence-corrected chi connectivity index (χ1v) is 8.81. The third-order valence-corrected chi connectivity index (χ3v) is 4.75. The monoisotopic (exact) mass is 336 g/mol. The summed E-state index contributed by atoms with van der Waals surface area (Å²) in [6.45, 7) is 2.83. The van der Waals surface area contributed by atoms with E-state index >= 15 is 0 Å². The first-order chi connectivity index (χ1) is 12.1. The molecule has 25 heavy (non-hydrogen) atoms. The molecule has 2 amide bonds. The number of carbonyl (C=O) groups excluding carboxylic acids is 2. The van der Waals surface area contributed by atoms with Crippen LogP contribution < -0.4 is 5.32 Å². The van der Waals surface area contributed by atoms with Crippen molar-refractivity contribution >= 4 is 17.5 Å². The summed E-state index contributed by atoms with van der Waals surface area (Å²) in [5.41, 5.74) is 3.17. The van der Waals surface area contributed by atoms with Gasteiger partial charge < -0.3 is 10.2 Å². The molecule has 1 atom stereocenters. The SMILES string of the molecule is CC(=O)N1CCC[C@@H](C(=O)Nc2ccccc2Cc2ccccc2)C1. The third kappa shape index (κ3) is 4.47. The summed E-state index contributed by atoms with van der Waals surface area (Å²) >= 11 is 0. The maximum absolute atomic E-state index is 12.7. The van der Waals surface area contributed by atoms with E-state index < -0.39 is 0 Å². The number of benzene rings is 2. The summed E-state index contributed by atoms with van der Waals surface area (Å²) in [5.74, 6) is -0.0872. The first kappa shape index (κ1) is 17.2. The van der Waals surface area contributed by atoms with Gasteiger partial charge in [-0.15, -0.1) is 0 Å². The standard InChI is InChI=1S/C21H24N2O2/c1-16(24)23-13-7-11-19(15-23)21(25)22-20-12-6-5-10-18(20)14-17-8-3-2-4-9-17/h2-6,8-10,12,19H,7,11,13-15H2,1H3,(H,22,25)/t19-/m1/s1. The predicted molar refractivity (Wildman–Crippen MR) is 99.3 cm³/mol. The van der Waals surface area contributed by atoms with Crippen molar-refractivity contribution in [3.63, 3.8) is 0 Å². The van der Waals surface area contributed by atoms with Gasteiger partial charge in [-0.2, -0.15) is 0 Å². The summed E-state index contributed by atoms with van der Waals surface area (Å²) in [6, 6.07) is 18.1. The van der Waals surface area contributed by atoms with Crippen molar-refractivity contribution in [1.29, 1.82) is 0 Å². The lowest BCUT2D eigenvalue weighted by atomic mass is 9.96. The number of amides is 2. The second-order valence-electron chi connectivity index (χ2n) is 6.61. The molecule has 1 N–H and O–H groups in total. The molecule has 1 aliphatic heterocycles. The van der Waals surface area contributed by atoms with Crippen LogP contribution >= 0.6 is 0 Å². The quantitative estimate of drug-likeness (QED) is 0.929. The Morgan fingerprint density at radius 3 is 2.56 bits per heavy atom. The van der Waals surface area contributed by atoms with Gasteiger partial charge in [0.15, 0.2) is 0 Å². The van der Waals surface area contributed by atoms with Crippen molar-refractivity contribution in [2.24, 2.45) is 5.92 Å². The van der Waals surface area contributed by atoms with E-state index in [0.717, 1.165) is 37.1 Å². The number of likely N-dealkylation sites (tertiary alicyclic amines) is 1. The molecule has 0 bridgehead atoms. The molecule has 2 aromatic carbocycles. The van der Waals surface area contributed by atoms with Gasteiger partial charge in [0.2, 0.25) is 11.8 Å². The Kier molecular flexibility index (Phi) is 5.49. The molecule has 1 fully saturated rings. The molecule has 0 saturated carbocycles. The molecule has 0 aromatic heterocycles. The topological polar surface area (TPSA) is 49.4 Å². The first-order valence-electron chi connectivity index (χ1n) is 8.81. The normalized spacial score (nSPS) is 17.2. The molecule has 1 heterocycles. The zero-order valence-corrected chi connectivity index (χ0v) is 14.6. The zero-order chi connectivity index (χ0) is 17.6. The van der Waals surface area contributed by atoms with Crippen LogP contribution in [0.3, 0.4) is 0 Å². The summed E-state index contributed by atoms with van der Waals surface area (Å²) in [6.07, 6.45) is 2.49. The summed E-state index contributed by atoms with van der Waals surface area (Å²) in [5, 5.41) is 3.08. The highest BCUT2D eigenvalue weighted by atomic mass is 16.2. The number of nitrogens with zero attached hydrogens (tertiary/aromatic N) is 1. The molecule has 1 saturated heterocycles. The smallest absolute Gasteiger partial charge is 0.229 e. The molecule has 4 heteroatoms. The van der Waals surface area contributed by atoms with Gasteiger partial charge >= 0.3 is 0 Å². The van der Waals surface area contributed by atoms with E-state index in [9.17, 15) is 9.59 Å². The van der Waals surface area contributed by atoms with E-state index in [4.69, 9.17) is 0 Å². The van der Waals surface area contributed by atoms with Gasteiger partial charge in [0.05, 0.1) is 5.92 Å². The lowest BCUT2D eigenvalue weighted by Gasteiger charge is -2.31. The van der Waals surface area contributed by atoms with E-state index in [1.54, 1.807) is 11.8 Å². The number of para-hydroxylation sites is 1. The molecule has 130 valence electrons. The largest absolute Gasteiger partial charge is 0.342 e. The average molecular weight is 336 g/mol. The van der Waals surface area contributed by atoms with Crippen molar-refractivity contribution in [2.45, 2.75) is 26.2 Å². The Labute approximate surface area is 148 Å². The number of hydrogen-bond acceptors (Lipinski definition) is 2. The van der Waals surface area contributed by atoms with Crippen LogP contribution in [0.4, 0.5) is 5.69 Å². The minimum Gasteiger partial charge on any atom is -0.342 e. The Hall–Kier alpha value is -2.62. The minimum atomic E-state index is -0.137. The van der Waals surface area contributed by atoms with Crippen LogP contribution in [-0.4, -0.2) is 29.8 Å². The molecule has 1 aliphatic rings. The van der Waals surface area contributed by atoms with Crippen LogP contribution in [0.25, 0.3) is 0 Å². The molecule has 0 aliphatic carbocycles. The molecule has 2 aromatic rings. The number of anilines is 1. The van der Waals surface area contributed by atoms with E-state index in [0.29, 0.717) is 6.54 Å². The summed E-state index contributed by atoms with van der Waals surface area (Å²) < 4.78 is 0. The Balaban J connectivity index is 1.70. The maximum Gasteiger partial charge on any atom is 0.229 e. The van der Waals surface area contributed by atoms with Crippen LogP contribution in [0.15, 0.2) is 54.6 Å². The summed E-state index contributed by atoms with van der Waals surface area (Å²) in [7, 11) is 0. The fourth-order valence-corrected chi connectivity index (χ4v) is 3.32. The van der Waals surface area contributed by atoms with E-state index in [1.807, 2.05) is 42.5 Å². The zero-order valence-electron chi connectivity index (χ0n) is 14.6. The lowest BCUT2D eigenvalue weighted by molar-refractivity contribution is -0.132. The molecule has 0 unspecified atom stereocenters. The number of carbonyl (C=O) groups is 2. The maximum atomic E-state index is 12.7. The Morgan fingerprint density at radius 2 is 1.80 bits per heavy atom. The minimum absolute atomic E-state index is 0.00598. The van der Waals surface area contributed by atoms with Crippen LogP contribution in [0, 0.1) is 5.92 Å². The fourth-order valence-electron chi connectivity index (χ4n) is 3.32. The summed E-state index contributed by atoms with van der Waals surface area (Å²) in [4.78, 5) is 26.0. The average Bonchev–Trinajstić information content (AvgIpc) is 2.64. The van der Waals surface area contributed by atoms with Crippen LogP contribution in [0.2, 0.25) is 0 Å². The van der Waals surface area contributed by atoms with Gasteiger partial charge in [-0.05, 0) is 36.5 Å². The number of piperidine rings is 1. The van der Waals surface area contributed by atoms with Crippen molar-refractivity contribution in [3.8, 4) is 0 Å². The second-order valence-corrected chi connectivity index (χ2v) is 6.61. The lowest BCUT2D eigenvalue weighted by Crippen LogP contribution is -2.42. The van der Waals surface area contributed by atoms with E-state index in [1.165, 1.54) is 5.56 Å². The Bertz CT molecular complexity index is 743. The van der Waals surface area contributed by atoms with Crippen molar-refractivity contribution in [1.82, 2.24) is 4.90 Å². The van der Waals surface area contributed by atoms with Gasteiger partial charge in [-0.25, -0.2) is 0 Å². The highest BCUT2D eigenvalue weighted by Gasteiger charge is 2.27. The van der Waals surface area contributed by atoms with Gasteiger partial charge in [-0.1, -0.05) is 48.5 Å². The van der Waals surface area contributed by atoms with Crippen molar-refractivity contribution in [3.05, 3.63) is 65.7 Å². The molecule has 4 nitrogen and oxygen atoms in total.